The van der Waals surface area contributed by atoms with Crippen molar-refractivity contribution in [2.75, 3.05) is 13.6 Å². The van der Waals surface area contributed by atoms with E-state index < -0.39 is 34.6 Å². The van der Waals surface area contributed by atoms with Gasteiger partial charge in [-0.2, -0.15) is 0 Å². The van der Waals surface area contributed by atoms with Crippen LogP contribution in [0, 0.1) is 0 Å². The van der Waals surface area contributed by atoms with Gasteiger partial charge in [0, 0.05) is 13.2 Å². The van der Waals surface area contributed by atoms with Crippen LogP contribution < -0.4 is 4.72 Å². The second-order valence-electron chi connectivity index (χ2n) is 5.51. The van der Waals surface area contributed by atoms with Crippen LogP contribution in [0.1, 0.15) is 12.5 Å². The highest BCUT2D eigenvalue weighted by Gasteiger charge is 2.33. The summed E-state index contributed by atoms with van der Waals surface area (Å²) in [5, 5.41) is 8.93. The van der Waals surface area contributed by atoms with Crippen LogP contribution in [-0.4, -0.2) is 55.0 Å². The lowest BCUT2D eigenvalue weighted by Crippen LogP contribution is -2.54. The summed E-state index contributed by atoms with van der Waals surface area (Å²) < 4.78 is 26.8. The summed E-state index contributed by atoms with van der Waals surface area (Å²) in [4.78, 5) is 26.0. The molecule has 0 bridgehead atoms. The van der Waals surface area contributed by atoms with Gasteiger partial charge in [-0.05, 0) is 12.5 Å². The number of rotatable bonds is 6. The molecule has 9 heteroatoms. The van der Waals surface area contributed by atoms with Crippen LogP contribution in [0.4, 0.5) is 0 Å². The zero-order valence-corrected chi connectivity index (χ0v) is 14.2. The van der Waals surface area contributed by atoms with Crippen molar-refractivity contribution in [1.29, 1.82) is 0 Å². The van der Waals surface area contributed by atoms with Crippen molar-refractivity contribution in [3.05, 3.63) is 47.8 Å². The van der Waals surface area contributed by atoms with Gasteiger partial charge in [0.2, 0.25) is 10.0 Å². The third-order valence-corrected chi connectivity index (χ3v) is 4.88. The number of carbonyl (C=O) groups is 2. The van der Waals surface area contributed by atoms with Gasteiger partial charge in [0.15, 0.2) is 0 Å². The Kier molecular flexibility index (Phi) is 5.13. The van der Waals surface area contributed by atoms with Crippen LogP contribution in [0.3, 0.4) is 0 Å². The SMILES string of the molecule is CC1N(C)C=C(NS(=O)(=O)Cc2ccccc2)C(=O)N1CC(=O)O. The minimum atomic E-state index is -3.80. The van der Waals surface area contributed by atoms with Gasteiger partial charge in [0.1, 0.15) is 18.4 Å². The Labute approximate surface area is 140 Å². The number of aliphatic carboxylic acids is 1. The molecule has 1 atom stereocenters. The summed E-state index contributed by atoms with van der Waals surface area (Å²) >= 11 is 0. The van der Waals surface area contributed by atoms with E-state index in [2.05, 4.69) is 4.72 Å². The molecule has 1 heterocycles. The van der Waals surface area contributed by atoms with E-state index >= 15 is 0 Å². The maximum absolute atomic E-state index is 12.4. The number of nitrogens with zero attached hydrogens (tertiary/aromatic N) is 2. The number of benzene rings is 1. The van der Waals surface area contributed by atoms with Crippen LogP contribution in [0.15, 0.2) is 42.2 Å². The van der Waals surface area contributed by atoms with Crippen LogP contribution in [0.2, 0.25) is 0 Å². The van der Waals surface area contributed by atoms with Crippen molar-refractivity contribution in [3.63, 3.8) is 0 Å². The molecule has 0 fully saturated rings. The highest BCUT2D eigenvalue weighted by atomic mass is 32.2. The highest BCUT2D eigenvalue weighted by Crippen LogP contribution is 2.17. The van der Waals surface area contributed by atoms with Crippen molar-refractivity contribution in [1.82, 2.24) is 14.5 Å². The molecule has 1 amide bonds. The molecule has 1 aliphatic heterocycles. The second-order valence-corrected chi connectivity index (χ2v) is 7.24. The van der Waals surface area contributed by atoms with Crippen LogP contribution in [0.5, 0.6) is 0 Å². The van der Waals surface area contributed by atoms with Crippen molar-refractivity contribution in [3.8, 4) is 0 Å². The van der Waals surface area contributed by atoms with Gasteiger partial charge >= 0.3 is 5.97 Å². The monoisotopic (exact) mass is 353 g/mol. The third kappa shape index (κ3) is 4.25. The van der Waals surface area contributed by atoms with Crippen LogP contribution in [-0.2, 0) is 25.4 Å². The summed E-state index contributed by atoms with van der Waals surface area (Å²) in [5.41, 5.74) is 0.408. The zero-order valence-electron chi connectivity index (χ0n) is 13.3. The minimum Gasteiger partial charge on any atom is -0.480 e. The van der Waals surface area contributed by atoms with Gasteiger partial charge in [-0.25, -0.2) is 8.42 Å². The average molecular weight is 353 g/mol. The van der Waals surface area contributed by atoms with Crippen molar-refractivity contribution in [2.45, 2.75) is 18.8 Å². The molecule has 0 saturated carbocycles. The lowest BCUT2D eigenvalue weighted by molar-refractivity contribution is -0.147. The molecule has 0 saturated heterocycles. The standard InChI is InChI=1S/C15H19N3O5S/c1-11-17(2)8-13(15(21)18(11)9-14(19)20)16-24(22,23)10-12-6-4-3-5-7-12/h3-8,11,16H,9-10H2,1-2H3,(H,19,20). The third-order valence-electron chi connectivity index (χ3n) is 3.64. The molecule has 1 aromatic carbocycles. The van der Waals surface area contributed by atoms with Gasteiger partial charge in [0.05, 0.1) is 5.75 Å². The van der Waals surface area contributed by atoms with E-state index in [9.17, 15) is 18.0 Å². The molecule has 24 heavy (non-hydrogen) atoms. The smallest absolute Gasteiger partial charge is 0.323 e. The Hall–Kier alpha value is -2.55. The Bertz CT molecular complexity index is 761. The summed E-state index contributed by atoms with van der Waals surface area (Å²) in [6.07, 6.45) is 0.879. The molecule has 1 unspecified atom stereocenters. The molecule has 0 radical (unpaired) electrons. The lowest BCUT2D eigenvalue weighted by Gasteiger charge is -2.38. The molecule has 0 aromatic heterocycles. The fraction of sp³-hybridized carbons (Fsp3) is 0.333. The Balaban J connectivity index is 2.19. The first-order valence-corrected chi connectivity index (χ1v) is 8.86. The Morgan fingerprint density at radius 1 is 1.29 bits per heavy atom. The normalized spacial score (nSPS) is 18.3. The molecule has 1 aromatic rings. The molecule has 2 rings (SSSR count). The first-order chi connectivity index (χ1) is 11.2. The van der Waals surface area contributed by atoms with E-state index in [4.69, 9.17) is 5.11 Å². The second kappa shape index (κ2) is 6.91. The number of carbonyl (C=O) groups excluding carboxylic acids is 1. The van der Waals surface area contributed by atoms with E-state index in [0.29, 0.717) is 5.56 Å². The predicted molar refractivity (Wildman–Crippen MR) is 86.9 cm³/mol. The molecular weight excluding hydrogens is 334 g/mol. The van der Waals surface area contributed by atoms with Crippen molar-refractivity contribution in [2.24, 2.45) is 0 Å². The number of hydrogen-bond acceptors (Lipinski definition) is 5. The number of amides is 1. The molecular formula is C15H19N3O5S. The van der Waals surface area contributed by atoms with Gasteiger partial charge in [-0.3, -0.25) is 14.3 Å². The summed E-state index contributed by atoms with van der Waals surface area (Å²) in [7, 11) is -2.16. The number of hydrogen-bond donors (Lipinski definition) is 2. The maximum Gasteiger partial charge on any atom is 0.323 e. The van der Waals surface area contributed by atoms with E-state index in [0.717, 1.165) is 4.90 Å². The zero-order chi connectivity index (χ0) is 17.9. The molecule has 0 spiro atoms. The molecule has 8 nitrogen and oxygen atoms in total. The molecule has 2 N–H and O–H groups in total. The quantitative estimate of drug-likeness (QED) is 0.754. The Morgan fingerprint density at radius 3 is 2.50 bits per heavy atom. The first-order valence-electron chi connectivity index (χ1n) is 7.20. The van der Waals surface area contributed by atoms with E-state index in [1.54, 1.807) is 49.2 Å². The van der Waals surface area contributed by atoms with Gasteiger partial charge < -0.3 is 14.9 Å². The van der Waals surface area contributed by atoms with E-state index in [1.165, 1.54) is 6.20 Å². The molecule has 130 valence electrons. The maximum atomic E-state index is 12.4. The Morgan fingerprint density at radius 2 is 1.92 bits per heavy atom. The van der Waals surface area contributed by atoms with Crippen LogP contribution in [0.25, 0.3) is 0 Å². The largest absolute Gasteiger partial charge is 0.480 e. The van der Waals surface area contributed by atoms with Crippen molar-refractivity contribution >= 4 is 21.9 Å². The van der Waals surface area contributed by atoms with Crippen molar-refractivity contribution < 1.29 is 23.1 Å². The first kappa shape index (κ1) is 17.8. The van der Waals surface area contributed by atoms with Gasteiger partial charge in [-0.15, -0.1) is 0 Å². The van der Waals surface area contributed by atoms with Gasteiger partial charge in [0.25, 0.3) is 5.91 Å². The number of sulfonamides is 1. The lowest BCUT2D eigenvalue weighted by atomic mass is 10.2. The van der Waals surface area contributed by atoms with E-state index in [-0.39, 0.29) is 11.4 Å². The number of nitrogens with one attached hydrogen (secondary N) is 1. The summed E-state index contributed by atoms with van der Waals surface area (Å²) in [5.74, 6) is -2.12. The number of carboxylic acids is 1. The summed E-state index contributed by atoms with van der Waals surface area (Å²) in [6, 6.07) is 8.55. The fourth-order valence-corrected chi connectivity index (χ4v) is 3.51. The highest BCUT2D eigenvalue weighted by molar-refractivity contribution is 7.88. The van der Waals surface area contributed by atoms with E-state index in [1.807, 2.05) is 0 Å². The molecule has 0 aliphatic carbocycles. The average Bonchev–Trinajstić information content (AvgIpc) is 2.49. The predicted octanol–water partition coefficient (Wildman–Crippen LogP) is 0.152. The van der Waals surface area contributed by atoms with Crippen LogP contribution >= 0.6 is 0 Å². The molecule has 1 aliphatic rings. The minimum absolute atomic E-state index is 0.173. The summed E-state index contributed by atoms with van der Waals surface area (Å²) in [6.45, 7) is 1.15. The fourth-order valence-electron chi connectivity index (χ4n) is 2.33. The van der Waals surface area contributed by atoms with Gasteiger partial charge in [-0.1, -0.05) is 30.3 Å². The topological polar surface area (TPSA) is 107 Å². The number of carboxylic acid groups (broad SMARTS) is 1.